The van der Waals surface area contributed by atoms with E-state index < -0.39 is 20.0 Å². The van der Waals surface area contributed by atoms with Crippen molar-refractivity contribution >= 4 is 47.5 Å². The maximum absolute atomic E-state index is 12.9. The molecule has 4 aromatic rings. The SMILES string of the molecule is CCn1c2ccccc2c2cc(NS(=O)(=O)c3ccc(S(=O)(=O)NC4CC4)cc3)ccc21. The molecular weight excluding hydrogens is 446 g/mol. The quantitative estimate of drug-likeness (QED) is 0.427. The molecule has 0 aliphatic heterocycles. The van der Waals surface area contributed by atoms with E-state index in [2.05, 4.69) is 27.0 Å². The molecule has 0 radical (unpaired) electrons. The molecule has 2 N–H and O–H groups in total. The lowest BCUT2D eigenvalue weighted by molar-refractivity contribution is 0.580. The van der Waals surface area contributed by atoms with Crippen LogP contribution < -0.4 is 9.44 Å². The first-order valence-corrected chi connectivity index (χ1v) is 13.4. The van der Waals surface area contributed by atoms with Crippen LogP contribution in [0.5, 0.6) is 0 Å². The fourth-order valence-corrected chi connectivity index (χ4v) is 6.31. The normalized spacial score (nSPS) is 14.8. The Kier molecular flexibility index (Phi) is 4.99. The topological polar surface area (TPSA) is 97.3 Å². The van der Waals surface area contributed by atoms with Crippen LogP contribution in [0.1, 0.15) is 19.8 Å². The lowest BCUT2D eigenvalue weighted by Crippen LogP contribution is -2.25. The molecule has 1 aliphatic carbocycles. The maximum atomic E-state index is 12.9. The summed E-state index contributed by atoms with van der Waals surface area (Å²) >= 11 is 0. The number of para-hydroxylation sites is 1. The predicted molar refractivity (Wildman–Crippen MR) is 126 cm³/mol. The minimum absolute atomic E-state index is 0.000967. The highest BCUT2D eigenvalue weighted by molar-refractivity contribution is 7.92. The molecule has 166 valence electrons. The van der Waals surface area contributed by atoms with Gasteiger partial charge in [0.25, 0.3) is 10.0 Å². The first-order valence-electron chi connectivity index (χ1n) is 10.4. The van der Waals surface area contributed by atoms with E-state index in [1.807, 2.05) is 30.3 Å². The highest BCUT2D eigenvalue weighted by atomic mass is 32.2. The molecular formula is C23H23N3O4S2. The lowest BCUT2D eigenvalue weighted by Gasteiger charge is -2.10. The number of nitrogens with one attached hydrogen (secondary N) is 2. The van der Waals surface area contributed by atoms with Crippen LogP contribution in [0.3, 0.4) is 0 Å². The summed E-state index contributed by atoms with van der Waals surface area (Å²) in [5, 5.41) is 2.03. The van der Waals surface area contributed by atoms with Crippen molar-refractivity contribution < 1.29 is 16.8 Å². The van der Waals surface area contributed by atoms with Crippen LogP contribution in [0, 0.1) is 0 Å². The van der Waals surface area contributed by atoms with Gasteiger partial charge in [0, 0.05) is 40.1 Å². The van der Waals surface area contributed by atoms with Gasteiger partial charge in [-0.3, -0.25) is 4.72 Å². The van der Waals surface area contributed by atoms with Crippen LogP contribution in [0.4, 0.5) is 5.69 Å². The van der Waals surface area contributed by atoms with Gasteiger partial charge in [0.15, 0.2) is 0 Å². The first kappa shape index (κ1) is 21.0. The lowest BCUT2D eigenvalue weighted by atomic mass is 10.1. The van der Waals surface area contributed by atoms with Gasteiger partial charge in [0.05, 0.1) is 9.79 Å². The Hall–Kier alpha value is -2.88. The Morgan fingerprint density at radius 1 is 0.812 bits per heavy atom. The summed E-state index contributed by atoms with van der Waals surface area (Å²) < 4.78 is 57.9. The van der Waals surface area contributed by atoms with Crippen LogP contribution in [0.25, 0.3) is 21.8 Å². The van der Waals surface area contributed by atoms with Gasteiger partial charge in [-0.2, -0.15) is 0 Å². The van der Waals surface area contributed by atoms with Gasteiger partial charge in [-0.15, -0.1) is 0 Å². The van der Waals surface area contributed by atoms with Gasteiger partial charge < -0.3 is 4.57 Å². The molecule has 5 rings (SSSR count). The molecule has 0 bridgehead atoms. The maximum Gasteiger partial charge on any atom is 0.261 e. The average molecular weight is 470 g/mol. The van der Waals surface area contributed by atoms with Crippen molar-refractivity contribution in [3.63, 3.8) is 0 Å². The zero-order chi connectivity index (χ0) is 22.5. The number of hydrogen-bond acceptors (Lipinski definition) is 4. The Balaban J connectivity index is 1.46. The Morgan fingerprint density at radius 2 is 1.44 bits per heavy atom. The number of sulfonamides is 2. The van der Waals surface area contributed by atoms with E-state index in [1.165, 1.54) is 24.3 Å². The largest absolute Gasteiger partial charge is 0.341 e. The third-order valence-corrected chi connectivity index (χ3v) is 8.62. The van der Waals surface area contributed by atoms with Crippen molar-refractivity contribution in [3.05, 3.63) is 66.7 Å². The molecule has 0 saturated heterocycles. The third-order valence-electron chi connectivity index (χ3n) is 5.68. The molecule has 7 nitrogen and oxygen atoms in total. The molecule has 3 aromatic carbocycles. The van der Waals surface area contributed by atoms with Crippen molar-refractivity contribution in [3.8, 4) is 0 Å². The molecule has 1 heterocycles. The van der Waals surface area contributed by atoms with Gasteiger partial charge in [-0.25, -0.2) is 21.6 Å². The van der Waals surface area contributed by atoms with Crippen molar-refractivity contribution in [2.24, 2.45) is 0 Å². The third kappa shape index (κ3) is 3.76. The molecule has 1 saturated carbocycles. The summed E-state index contributed by atoms with van der Waals surface area (Å²) in [6.07, 6.45) is 1.66. The standard InChI is InChI=1S/C23H23N3O4S2/c1-2-26-22-6-4-3-5-20(22)21-15-17(9-14-23(21)26)25-32(29,30)19-12-10-18(11-13-19)31(27,28)24-16-7-8-16/h3-6,9-16,24-25H,2,7-8H2,1H3. The van der Waals surface area contributed by atoms with E-state index in [0.29, 0.717) is 5.69 Å². The van der Waals surface area contributed by atoms with E-state index in [4.69, 9.17) is 0 Å². The number of fused-ring (bicyclic) bond motifs is 3. The zero-order valence-electron chi connectivity index (χ0n) is 17.4. The molecule has 1 fully saturated rings. The number of hydrogen-bond donors (Lipinski definition) is 2. The highest BCUT2D eigenvalue weighted by Crippen LogP contribution is 2.31. The van der Waals surface area contributed by atoms with Crippen LogP contribution in [0.2, 0.25) is 0 Å². The summed E-state index contributed by atoms with van der Waals surface area (Å²) in [6, 6.07) is 18.8. The fourth-order valence-electron chi connectivity index (χ4n) is 3.96. The molecule has 0 unspecified atom stereocenters. The van der Waals surface area contributed by atoms with E-state index in [1.54, 1.807) is 6.07 Å². The first-order chi connectivity index (χ1) is 15.3. The zero-order valence-corrected chi connectivity index (χ0v) is 19.1. The van der Waals surface area contributed by atoms with E-state index in [0.717, 1.165) is 41.2 Å². The van der Waals surface area contributed by atoms with E-state index in [-0.39, 0.29) is 15.8 Å². The van der Waals surface area contributed by atoms with Crippen molar-refractivity contribution in [1.82, 2.24) is 9.29 Å². The summed E-state index contributed by atoms with van der Waals surface area (Å²) in [5.74, 6) is 0. The van der Waals surface area contributed by atoms with Crippen molar-refractivity contribution in [2.75, 3.05) is 4.72 Å². The number of nitrogens with zero attached hydrogens (tertiary/aromatic N) is 1. The predicted octanol–water partition coefficient (Wildman–Crippen LogP) is 4.06. The van der Waals surface area contributed by atoms with E-state index >= 15 is 0 Å². The Morgan fingerprint density at radius 3 is 2.09 bits per heavy atom. The number of aromatic nitrogens is 1. The number of aryl methyl sites for hydroxylation is 1. The molecule has 32 heavy (non-hydrogen) atoms. The van der Waals surface area contributed by atoms with E-state index in [9.17, 15) is 16.8 Å². The number of anilines is 1. The van der Waals surface area contributed by atoms with Crippen LogP contribution >= 0.6 is 0 Å². The molecule has 0 spiro atoms. The second kappa shape index (κ2) is 7.61. The molecule has 9 heteroatoms. The monoisotopic (exact) mass is 469 g/mol. The fraction of sp³-hybridized carbons (Fsp3) is 0.217. The van der Waals surface area contributed by atoms with Gasteiger partial charge >= 0.3 is 0 Å². The summed E-state index contributed by atoms with van der Waals surface area (Å²) in [6.45, 7) is 2.88. The second-order valence-electron chi connectivity index (χ2n) is 7.97. The number of rotatable bonds is 7. The van der Waals surface area contributed by atoms with Gasteiger partial charge in [0.1, 0.15) is 0 Å². The van der Waals surface area contributed by atoms with Gasteiger partial charge in [-0.05, 0) is 68.3 Å². The minimum atomic E-state index is -3.88. The van der Waals surface area contributed by atoms with Crippen molar-refractivity contribution in [2.45, 2.75) is 42.1 Å². The van der Waals surface area contributed by atoms with Crippen molar-refractivity contribution in [1.29, 1.82) is 0 Å². The molecule has 1 aliphatic rings. The van der Waals surface area contributed by atoms with Crippen LogP contribution in [0.15, 0.2) is 76.5 Å². The highest BCUT2D eigenvalue weighted by Gasteiger charge is 2.28. The van der Waals surface area contributed by atoms with Gasteiger partial charge in [-0.1, -0.05) is 18.2 Å². The number of benzene rings is 3. The Labute approximate surface area is 187 Å². The second-order valence-corrected chi connectivity index (χ2v) is 11.4. The molecule has 0 atom stereocenters. The molecule has 0 amide bonds. The van der Waals surface area contributed by atoms with Gasteiger partial charge in [0.2, 0.25) is 10.0 Å². The summed E-state index contributed by atoms with van der Waals surface area (Å²) in [5.41, 5.74) is 2.58. The summed E-state index contributed by atoms with van der Waals surface area (Å²) in [4.78, 5) is 0.0519. The van der Waals surface area contributed by atoms with Crippen LogP contribution in [-0.2, 0) is 26.6 Å². The Bertz CT molecular complexity index is 1540. The molecule has 1 aromatic heterocycles. The van der Waals surface area contributed by atoms with Crippen LogP contribution in [-0.4, -0.2) is 27.4 Å². The average Bonchev–Trinajstić information content (AvgIpc) is 3.52. The smallest absolute Gasteiger partial charge is 0.261 e. The minimum Gasteiger partial charge on any atom is -0.341 e. The summed E-state index contributed by atoms with van der Waals surface area (Å²) in [7, 11) is -7.51.